The summed E-state index contributed by atoms with van der Waals surface area (Å²) in [5, 5.41) is 4.55. The average Bonchev–Trinajstić information content (AvgIpc) is 3.16. The van der Waals surface area contributed by atoms with Crippen molar-refractivity contribution in [3.05, 3.63) is 84.2 Å². The van der Waals surface area contributed by atoms with E-state index in [0.29, 0.717) is 0 Å². The third kappa shape index (κ3) is 4.01. The average molecular weight is 358 g/mol. The molecule has 2 aromatic carbocycles. The molecule has 0 radical (unpaired) electrons. The Morgan fingerprint density at radius 1 is 0.963 bits per heavy atom. The Labute approximate surface area is 158 Å². The molecule has 0 atom stereocenters. The second-order valence-corrected chi connectivity index (χ2v) is 6.48. The van der Waals surface area contributed by atoms with Crippen LogP contribution in [0.15, 0.2) is 77.5 Å². The number of benzene rings is 2. The summed E-state index contributed by atoms with van der Waals surface area (Å²) in [6.45, 7) is 1.69. The Morgan fingerprint density at radius 2 is 1.78 bits per heavy atom. The molecule has 4 nitrogen and oxygen atoms in total. The Morgan fingerprint density at radius 3 is 2.56 bits per heavy atom. The SMILES string of the molecule is COc1cc(CNCCc2ccncc2)cc2cc(-c3ccccc3)oc12. The fourth-order valence-corrected chi connectivity index (χ4v) is 3.19. The number of methoxy groups -OCH3 is 1. The summed E-state index contributed by atoms with van der Waals surface area (Å²) in [6, 6.07) is 20.5. The third-order valence-electron chi connectivity index (χ3n) is 4.59. The lowest BCUT2D eigenvalue weighted by atomic mass is 10.1. The van der Waals surface area contributed by atoms with Crippen LogP contribution in [0.25, 0.3) is 22.3 Å². The van der Waals surface area contributed by atoms with Gasteiger partial charge >= 0.3 is 0 Å². The number of aromatic nitrogens is 1. The first kappa shape index (κ1) is 17.3. The molecule has 0 amide bonds. The molecule has 4 aromatic rings. The van der Waals surface area contributed by atoms with Gasteiger partial charge in [-0.2, -0.15) is 0 Å². The lowest BCUT2D eigenvalue weighted by molar-refractivity contribution is 0.410. The van der Waals surface area contributed by atoms with Crippen LogP contribution in [0.4, 0.5) is 0 Å². The molecule has 0 saturated heterocycles. The van der Waals surface area contributed by atoms with Crippen molar-refractivity contribution in [2.24, 2.45) is 0 Å². The van der Waals surface area contributed by atoms with Crippen LogP contribution in [-0.4, -0.2) is 18.6 Å². The highest BCUT2D eigenvalue weighted by molar-refractivity contribution is 5.88. The standard InChI is InChI=1S/C23H22N2O2/c1-26-22-14-18(16-25-12-9-17-7-10-24-11-8-17)13-20-15-21(27-23(20)22)19-5-3-2-4-6-19/h2-8,10-11,13-15,25H,9,12,16H2,1H3. The molecule has 0 fully saturated rings. The van der Waals surface area contributed by atoms with Crippen molar-refractivity contribution in [2.75, 3.05) is 13.7 Å². The molecule has 0 aliphatic heterocycles. The molecular weight excluding hydrogens is 336 g/mol. The van der Waals surface area contributed by atoms with Gasteiger partial charge in [-0.25, -0.2) is 0 Å². The molecule has 2 heterocycles. The van der Waals surface area contributed by atoms with E-state index in [0.717, 1.165) is 47.6 Å². The van der Waals surface area contributed by atoms with Crippen LogP contribution in [0, 0.1) is 0 Å². The second-order valence-electron chi connectivity index (χ2n) is 6.48. The quantitative estimate of drug-likeness (QED) is 0.481. The van der Waals surface area contributed by atoms with Crippen molar-refractivity contribution in [3.63, 3.8) is 0 Å². The Bertz CT molecular complexity index is 1010. The molecule has 4 rings (SSSR count). The summed E-state index contributed by atoms with van der Waals surface area (Å²) in [6.07, 6.45) is 4.64. The molecular formula is C23H22N2O2. The van der Waals surface area contributed by atoms with Crippen molar-refractivity contribution in [2.45, 2.75) is 13.0 Å². The fourth-order valence-electron chi connectivity index (χ4n) is 3.19. The topological polar surface area (TPSA) is 47.3 Å². The summed E-state index contributed by atoms with van der Waals surface area (Å²) in [4.78, 5) is 4.05. The molecule has 0 unspecified atom stereocenters. The van der Waals surface area contributed by atoms with Crippen LogP contribution < -0.4 is 10.1 Å². The number of nitrogens with zero attached hydrogens (tertiary/aromatic N) is 1. The summed E-state index contributed by atoms with van der Waals surface area (Å²) < 4.78 is 11.6. The minimum Gasteiger partial charge on any atom is -0.493 e. The Kier molecular flexibility index (Phi) is 5.17. The van der Waals surface area contributed by atoms with E-state index in [2.05, 4.69) is 22.4 Å². The number of hydrogen-bond acceptors (Lipinski definition) is 4. The van der Waals surface area contributed by atoms with Gasteiger partial charge in [0.25, 0.3) is 0 Å². The lowest BCUT2D eigenvalue weighted by Crippen LogP contribution is -2.16. The molecule has 2 aromatic heterocycles. The van der Waals surface area contributed by atoms with E-state index in [1.165, 1.54) is 11.1 Å². The molecule has 27 heavy (non-hydrogen) atoms. The van der Waals surface area contributed by atoms with Crippen LogP contribution in [-0.2, 0) is 13.0 Å². The first-order chi connectivity index (χ1) is 13.3. The van der Waals surface area contributed by atoms with Gasteiger partial charge in [0.05, 0.1) is 7.11 Å². The van der Waals surface area contributed by atoms with E-state index in [4.69, 9.17) is 9.15 Å². The van der Waals surface area contributed by atoms with Gasteiger partial charge in [-0.1, -0.05) is 30.3 Å². The number of ether oxygens (including phenoxy) is 1. The van der Waals surface area contributed by atoms with E-state index in [-0.39, 0.29) is 0 Å². The number of fused-ring (bicyclic) bond motifs is 1. The molecule has 0 saturated carbocycles. The molecule has 0 aliphatic rings. The monoisotopic (exact) mass is 358 g/mol. The van der Waals surface area contributed by atoms with Crippen molar-refractivity contribution < 1.29 is 9.15 Å². The number of hydrogen-bond donors (Lipinski definition) is 1. The molecule has 1 N–H and O–H groups in total. The van der Waals surface area contributed by atoms with Crippen LogP contribution in [0.5, 0.6) is 5.75 Å². The van der Waals surface area contributed by atoms with E-state index in [9.17, 15) is 0 Å². The minimum absolute atomic E-state index is 0.764. The van der Waals surface area contributed by atoms with Gasteiger partial charge in [-0.3, -0.25) is 4.98 Å². The van der Waals surface area contributed by atoms with Gasteiger partial charge in [0.1, 0.15) is 5.76 Å². The zero-order valence-electron chi connectivity index (χ0n) is 15.3. The molecule has 0 bridgehead atoms. The number of pyridine rings is 1. The molecule has 4 heteroatoms. The highest BCUT2D eigenvalue weighted by Crippen LogP contribution is 2.34. The van der Waals surface area contributed by atoms with Crippen LogP contribution >= 0.6 is 0 Å². The highest BCUT2D eigenvalue weighted by atomic mass is 16.5. The van der Waals surface area contributed by atoms with E-state index in [1.807, 2.05) is 60.9 Å². The largest absolute Gasteiger partial charge is 0.493 e. The summed E-state index contributed by atoms with van der Waals surface area (Å²) >= 11 is 0. The normalized spacial score (nSPS) is 11.0. The maximum Gasteiger partial charge on any atom is 0.176 e. The summed E-state index contributed by atoms with van der Waals surface area (Å²) in [5.74, 6) is 1.62. The second kappa shape index (κ2) is 8.06. The number of rotatable bonds is 7. The molecule has 0 aliphatic carbocycles. The maximum absolute atomic E-state index is 6.06. The van der Waals surface area contributed by atoms with Gasteiger partial charge in [-0.15, -0.1) is 0 Å². The van der Waals surface area contributed by atoms with Gasteiger partial charge in [0.15, 0.2) is 11.3 Å². The van der Waals surface area contributed by atoms with Gasteiger partial charge in [-0.05, 0) is 54.4 Å². The van der Waals surface area contributed by atoms with Crippen LogP contribution in [0.1, 0.15) is 11.1 Å². The Balaban J connectivity index is 1.50. The van der Waals surface area contributed by atoms with Gasteiger partial charge in [0.2, 0.25) is 0 Å². The zero-order chi connectivity index (χ0) is 18.5. The van der Waals surface area contributed by atoms with Crippen LogP contribution in [0.3, 0.4) is 0 Å². The smallest absolute Gasteiger partial charge is 0.176 e. The van der Waals surface area contributed by atoms with Crippen molar-refractivity contribution in [1.29, 1.82) is 0 Å². The highest BCUT2D eigenvalue weighted by Gasteiger charge is 2.12. The predicted molar refractivity (Wildman–Crippen MR) is 108 cm³/mol. The van der Waals surface area contributed by atoms with Crippen molar-refractivity contribution in [1.82, 2.24) is 10.3 Å². The van der Waals surface area contributed by atoms with E-state index < -0.39 is 0 Å². The molecule has 136 valence electrons. The predicted octanol–water partition coefficient (Wildman–Crippen LogP) is 4.84. The first-order valence-electron chi connectivity index (χ1n) is 9.09. The summed E-state index contributed by atoms with van der Waals surface area (Å²) in [7, 11) is 1.68. The van der Waals surface area contributed by atoms with E-state index in [1.54, 1.807) is 7.11 Å². The first-order valence-corrected chi connectivity index (χ1v) is 9.09. The van der Waals surface area contributed by atoms with Crippen molar-refractivity contribution >= 4 is 11.0 Å². The minimum atomic E-state index is 0.764. The van der Waals surface area contributed by atoms with E-state index >= 15 is 0 Å². The number of furan rings is 1. The number of nitrogens with one attached hydrogen (secondary N) is 1. The molecule has 0 spiro atoms. The van der Waals surface area contributed by atoms with Gasteiger partial charge < -0.3 is 14.5 Å². The van der Waals surface area contributed by atoms with Crippen LogP contribution in [0.2, 0.25) is 0 Å². The summed E-state index contributed by atoms with van der Waals surface area (Å²) in [5.41, 5.74) is 4.31. The lowest BCUT2D eigenvalue weighted by Gasteiger charge is -2.08. The fraction of sp³-hybridized carbons (Fsp3) is 0.174. The van der Waals surface area contributed by atoms with Gasteiger partial charge in [0, 0.05) is 29.9 Å². The van der Waals surface area contributed by atoms with Crippen molar-refractivity contribution in [3.8, 4) is 17.1 Å². The Hall–Kier alpha value is -3.11. The maximum atomic E-state index is 6.06. The third-order valence-corrected chi connectivity index (χ3v) is 4.59. The zero-order valence-corrected chi connectivity index (χ0v) is 15.3.